The Morgan fingerprint density at radius 1 is 0.763 bits per heavy atom. The molecule has 4 aromatic carbocycles. The number of carbonyl (C=O) groups excluding carboxylic acids is 8. The molecular weight excluding hydrogens is 1270 g/mol. The minimum absolute atomic E-state index is 0. The Balaban J connectivity index is 0.0000123. The van der Waals surface area contributed by atoms with Crippen molar-refractivity contribution in [1.29, 1.82) is 0 Å². The van der Waals surface area contributed by atoms with Crippen molar-refractivity contribution in [2.45, 2.75) is 132 Å². The number of fused-ring (bicyclic) bond motifs is 2. The van der Waals surface area contributed by atoms with Crippen LogP contribution in [0.4, 0.5) is 0 Å². The molecule has 14 N–H and O–H groups in total. The average molecular weight is 1340 g/mol. The molecule has 1 aromatic heterocycles. The number of carbonyl (C=O) groups is 8. The SMILES string of the molecule is CCCCOc1ccc(-c2ccc(-c3nnc(-c4ccc(C(=O)NC5CC(O)CNC(=O)C6C(O)C(C)CN6C(=O)C(C(O)CC(N)=O)NC(=O)C(C(O)Cc6ccc(O)c(OSOO[O-])c6)NC(=O)C6CC(O)CN6C(=O)C(C(C)O)NC5=O)cc4)s3)cc2)cc1.[Na+]. The van der Waals surface area contributed by atoms with E-state index in [-0.39, 0.29) is 58.8 Å². The quantitative estimate of drug-likeness (QED) is 0.0115. The van der Waals surface area contributed by atoms with Crippen LogP contribution in [-0.4, -0.2) is 202 Å². The standard InChI is InChI=1S/C60H72N10O20S2.Na/c1-4-5-20-87-39-17-15-33(16-18-39)32-7-11-35(12-8-32)57-67-68-58(91-57)36-13-9-34(10-14-36)52(79)63-40-23-37(72)26-62-56(83)50-51(78)29(2)27-70(50)60(85)49(44(76)25-46(61)77)66-55(82)48(43(75)21-31-6-19-42(74)45(22-31)88-92-90-89-86)65-54(81)41-24-38(73)28-69(41)59(84)47(30(3)71)64-53(40)80;/h6-19,22,29-30,37-38,40-41,43-44,47-51,71-76,78,86H,4-5,20-21,23-28H2,1-3H3,(H2,61,77)(H,62,83)(H,63,79)(H,64,80)(H,65,81)(H,66,82);/q;+1/p-1. The smallest absolute Gasteiger partial charge is 0.691 e. The number of hydrogen-bond acceptors (Lipinski definition) is 24. The summed E-state index contributed by atoms with van der Waals surface area (Å²) < 4.78 is 14.9. The summed E-state index contributed by atoms with van der Waals surface area (Å²) in [6, 6.07) is 13.4. The third-order valence-electron chi connectivity index (χ3n) is 15.7. The zero-order valence-corrected chi connectivity index (χ0v) is 54.5. The molecule has 0 saturated carbocycles. The summed E-state index contributed by atoms with van der Waals surface area (Å²) in [4.78, 5) is 115. The van der Waals surface area contributed by atoms with Gasteiger partial charge in [-0.25, -0.2) is 0 Å². The van der Waals surface area contributed by atoms with Gasteiger partial charge < -0.3 is 92.0 Å². The van der Waals surface area contributed by atoms with Crippen LogP contribution in [-0.2, 0) is 49.4 Å². The van der Waals surface area contributed by atoms with Crippen LogP contribution in [0.2, 0.25) is 0 Å². The Morgan fingerprint density at radius 2 is 1.37 bits per heavy atom. The first-order valence-electron chi connectivity index (χ1n) is 29.3. The molecule has 0 bridgehead atoms. The number of β-amino-alcohol motifs (C(OH)–C–C–N with tert-alkyl or cyclic N) is 1. The third-order valence-corrected chi connectivity index (χ3v) is 17.1. The monoisotopic (exact) mass is 1340 g/mol. The van der Waals surface area contributed by atoms with Gasteiger partial charge in [0.05, 0.1) is 49.7 Å². The molecule has 93 heavy (non-hydrogen) atoms. The van der Waals surface area contributed by atoms with Crippen molar-refractivity contribution in [3.8, 4) is 49.5 Å². The number of ether oxygens (including phenoxy) is 1. The number of phenols is 1. The predicted molar refractivity (Wildman–Crippen MR) is 324 cm³/mol. The summed E-state index contributed by atoms with van der Waals surface area (Å²) in [5.41, 5.74) is 8.84. The molecule has 0 radical (unpaired) electrons. The molecule has 3 fully saturated rings. The van der Waals surface area contributed by atoms with E-state index in [1.807, 2.05) is 48.5 Å². The molecule has 0 aliphatic carbocycles. The fourth-order valence-electron chi connectivity index (χ4n) is 10.8. The van der Waals surface area contributed by atoms with Crippen molar-refractivity contribution >= 4 is 70.9 Å². The van der Waals surface area contributed by atoms with Crippen LogP contribution >= 0.6 is 23.7 Å². The maximum atomic E-state index is 14.7. The van der Waals surface area contributed by atoms with Gasteiger partial charge in [0.2, 0.25) is 41.4 Å². The molecular formula is C60H71N10NaO20S2. The number of aromatic nitrogens is 2. The summed E-state index contributed by atoms with van der Waals surface area (Å²) in [7, 11) is 0. The molecule has 0 spiro atoms. The maximum absolute atomic E-state index is 14.7. The number of primary amides is 1. The number of nitrogens with zero attached hydrogens (tertiary/aromatic N) is 4. The summed E-state index contributed by atoms with van der Waals surface area (Å²) in [5.74, 6) is -10.4. The topological polar surface area (TPSA) is 457 Å². The zero-order valence-electron chi connectivity index (χ0n) is 50.9. The van der Waals surface area contributed by atoms with Crippen LogP contribution in [0.3, 0.4) is 0 Å². The zero-order chi connectivity index (χ0) is 66.5. The molecule has 4 heterocycles. The number of rotatable bonds is 20. The van der Waals surface area contributed by atoms with Crippen molar-refractivity contribution in [1.82, 2.24) is 46.6 Å². The van der Waals surface area contributed by atoms with Gasteiger partial charge in [-0.3, -0.25) is 43.4 Å². The summed E-state index contributed by atoms with van der Waals surface area (Å²) in [5, 5.41) is 114. The summed E-state index contributed by atoms with van der Waals surface area (Å²) in [6.07, 6.45) is -11.7. The Kier molecular flexibility index (Phi) is 26.4. The number of aliphatic hydroxyl groups excluding tert-OH is 6. The van der Waals surface area contributed by atoms with Gasteiger partial charge in [-0.1, -0.05) is 86.2 Å². The van der Waals surface area contributed by atoms with E-state index in [2.05, 4.69) is 53.1 Å². The first kappa shape index (κ1) is 73.0. The van der Waals surface area contributed by atoms with E-state index < -0.39 is 177 Å². The van der Waals surface area contributed by atoms with Gasteiger partial charge in [0.1, 0.15) is 52.0 Å². The van der Waals surface area contributed by atoms with Crippen LogP contribution in [0.1, 0.15) is 68.8 Å². The molecule has 494 valence electrons. The van der Waals surface area contributed by atoms with Crippen LogP contribution < -0.4 is 76.1 Å². The van der Waals surface area contributed by atoms with Crippen LogP contribution in [0.15, 0.2) is 91.0 Å². The minimum atomic E-state index is -2.23. The number of benzene rings is 4. The van der Waals surface area contributed by atoms with E-state index in [1.165, 1.54) is 36.5 Å². The molecule has 8 amide bonds. The van der Waals surface area contributed by atoms with Crippen molar-refractivity contribution in [2.75, 3.05) is 26.2 Å². The maximum Gasteiger partial charge on any atom is 1.00 e. The Bertz CT molecular complexity index is 3430. The number of amides is 8. The second-order valence-electron chi connectivity index (χ2n) is 22.6. The number of aromatic hydroxyl groups is 1. The van der Waals surface area contributed by atoms with Gasteiger partial charge in [-0.15, -0.1) is 14.5 Å². The van der Waals surface area contributed by atoms with Gasteiger partial charge in [-0.2, -0.15) is 0 Å². The first-order valence-corrected chi connectivity index (χ1v) is 30.8. The number of phenolic OH excluding ortho intramolecular Hbond substituents is 1. The van der Waals surface area contributed by atoms with Crippen molar-refractivity contribution in [3.63, 3.8) is 0 Å². The molecule has 3 aliphatic heterocycles. The Labute approximate surface area is 563 Å². The molecule has 3 saturated heterocycles. The van der Waals surface area contributed by atoms with E-state index in [0.717, 1.165) is 64.1 Å². The van der Waals surface area contributed by atoms with Crippen molar-refractivity contribution in [2.24, 2.45) is 11.7 Å². The minimum Gasteiger partial charge on any atom is -0.691 e. The fourth-order valence-corrected chi connectivity index (χ4v) is 11.9. The second kappa shape index (κ2) is 33.6. The van der Waals surface area contributed by atoms with Gasteiger partial charge in [0.15, 0.2) is 11.5 Å². The van der Waals surface area contributed by atoms with Gasteiger partial charge in [0, 0.05) is 61.5 Å². The van der Waals surface area contributed by atoms with E-state index in [1.54, 1.807) is 12.1 Å². The average Bonchev–Trinajstić information content (AvgIpc) is 1.70. The number of aliphatic hydroxyl groups is 6. The fraction of sp³-hybridized carbons (Fsp3) is 0.433. The molecule has 30 nitrogen and oxygen atoms in total. The second-order valence-corrected chi connectivity index (χ2v) is 24.0. The number of unbranched alkanes of at least 4 members (excludes halogenated alkanes) is 1. The van der Waals surface area contributed by atoms with Gasteiger partial charge in [0.25, 0.3) is 18.2 Å². The van der Waals surface area contributed by atoms with Gasteiger partial charge >= 0.3 is 29.6 Å². The molecule has 13 atom stereocenters. The normalized spacial score (nSPS) is 24.3. The van der Waals surface area contributed by atoms with E-state index in [0.29, 0.717) is 22.2 Å². The number of nitrogens with one attached hydrogen (secondary N) is 5. The number of hydrogen-bond donors (Lipinski definition) is 13. The van der Waals surface area contributed by atoms with Crippen LogP contribution in [0.5, 0.6) is 17.2 Å². The van der Waals surface area contributed by atoms with E-state index in [4.69, 9.17) is 14.7 Å². The molecule has 5 aromatic rings. The van der Waals surface area contributed by atoms with Crippen molar-refractivity contribution in [3.05, 3.63) is 102 Å². The van der Waals surface area contributed by atoms with Crippen LogP contribution in [0, 0.1) is 5.92 Å². The Morgan fingerprint density at radius 3 is 1.99 bits per heavy atom. The predicted octanol–water partition coefficient (Wildman–Crippen LogP) is -4.58. The third kappa shape index (κ3) is 18.7. The molecule has 33 heteroatoms. The largest absolute Gasteiger partial charge is 1.00 e. The molecule has 3 aliphatic rings. The molecule has 13 unspecified atom stereocenters. The van der Waals surface area contributed by atoms with E-state index >= 15 is 0 Å². The molecule has 8 rings (SSSR count). The number of nitrogens with two attached hydrogens (primary N) is 1. The first-order chi connectivity index (χ1) is 43.9. The van der Waals surface area contributed by atoms with Crippen molar-refractivity contribution < 1.29 is 127 Å². The Hall–Kier alpha value is -7.41. The van der Waals surface area contributed by atoms with Crippen LogP contribution in [0.25, 0.3) is 32.3 Å². The summed E-state index contributed by atoms with van der Waals surface area (Å²) >= 11 is 1.29. The van der Waals surface area contributed by atoms with E-state index in [9.17, 15) is 79.4 Å². The summed E-state index contributed by atoms with van der Waals surface area (Å²) in [6.45, 7) is 3.58. The van der Waals surface area contributed by atoms with Gasteiger partial charge in [-0.05, 0) is 66.4 Å².